The fraction of sp³-hybridized carbons (Fsp3) is 0.500. The van der Waals surface area contributed by atoms with Gasteiger partial charge in [-0.25, -0.2) is 9.78 Å². The highest BCUT2D eigenvalue weighted by atomic mass is 32.2. The van der Waals surface area contributed by atoms with Crippen LogP contribution in [0.4, 0.5) is 5.82 Å². The van der Waals surface area contributed by atoms with Crippen LogP contribution in [0.3, 0.4) is 0 Å². The lowest BCUT2D eigenvalue weighted by molar-refractivity contribution is 0.0697. The number of pyridine rings is 1. The number of nitrogens with zero attached hydrogens (tertiary/aromatic N) is 1. The van der Waals surface area contributed by atoms with Crippen molar-refractivity contribution < 1.29 is 9.90 Å². The van der Waals surface area contributed by atoms with E-state index in [0.717, 1.165) is 17.9 Å². The molecule has 1 aromatic heterocycles. The second-order valence-electron chi connectivity index (χ2n) is 3.86. The number of nitrogens with one attached hydrogen (secondary N) is 1. The predicted molar refractivity (Wildman–Crippen MR) is 72.0 cm³/mol. The third-order valence-corrected chi connectivity index (χ3v) is 3.20. The quantitative estimate of drug-likeness (QED) is 0.817. The van der Waals surface area contributed by atoms with Crippen molar-refractivity contribution in [2.24, 2.45) is 0 Å². The lowest BCUT2D eigenvalue weighted by atomic mass is 10.2. The van der Waals surface area contributed by atoms with Gasteiger partial charge in [0.2, 0.25) is 0 Å². The molecule has 0 fully saturated rings. The molecule has 1 aromatic rings. The number of carboxylic acids is 1. The van der Waals surface area contributed by atoms with Crippen molar-refractivity contribution in [2.75, 3.05) is 17.3 Å². The van der Waals surface area contributed by atoms with Crippen LogP contribution in [0.25, 0.3) is 0 Å². The van der Waals surface area contributed by atoms with Gasteiger partial charge in [0.05, 0.1) is 0 Å². The smallest absolute Gasteiger partial charge is 0.339 e. The van der Waals surface area contributed by atoms with Gasteiger partial charge in [-0.15, -0.1) is 0 Å². The van der Waals surface area contributed by atoms with E-state index in [1.165, 1.54) is 0 Å². The maximum Gasteiger partial charge on any atom is 0.339 e. The van der Waals surface area contributed by atoms with Gasteiger partial charge >= 0.3 is 5.97 Å². The molecule has 0 bridgehead atoms. The van der Waals surface area contributed by atoms with Crippen LogP contribution in [-0.2, 0) is 0 Å². The lowest BCUT2D eigenvalue weighted by Gasteiger charge is -2.18. The first kappa shape index (κ1) is 13.8. The average molecular weight is 254 g/mol. The Hall–Kier alpha value is -1.23. The Morgan fingerprint density at radius 2 is 2.29 bits per heavy atom. The predicted octanol–water partition coefficient (Wildman–Crippen LogP) is 2.64. The topological polar surface area (TPSA) is 62.2 Å². The summed E-state index contributed by atoms with van der Waals surface area (Å²) in [5.41, 5.74) is 1.05. The van der Waals surface area contributed by atoms with Crippen molar-refractivity contribution in [3.63, 3.8) is 0 Å². The number of carboxylic acid groups (broad SMARTS) is 1. The zero-order valence-electron chi connectivity index (χ0n) is 10.4. The summed E-state index contributed by atoms with van der Waals surface area (Å²) in [7, 11) is 0. The summed E-state index contributed by atoms with van der Waals surface area (Å²) in [6, 6.07) is 3.56. The van der Waals surface area contributed by atoms with E-state index >= 15 is 0 Å². The molecule has 1 atom stereocenters. The lowest BCUT2D eigenvalue weighted by Crippen LogP contribution is -2.23. The number of rotatable bonds is 6. The zero-order valence-corrected chi connectivity index (χ0v) is 11.2. The molecular weight excluding hydrogens is 236 g/mol. The Balaban J connectivity index is 2.94. The molecule has 0 saturated heterocycles. The molecule has 0 amide bonds. The van der Waals surface area contributed by atoms with Crippen molar-refractivity contribution >= 4 is 23.5 Å². The fourth-order valence-electron chi connectivity index (χ4n) is 1.50. The monoisotopic (exact) mass is 254 g/mol. The first-order valence-corrected chi connectivity index (χ1v) is 6.94. The van der Waals surface area contributed by atoms with E-state index < -0.39 is 5.97 Å². The Morgan fingerprint density at radius 3 is 2.82 bits per heavy atom. The zero-order chi connectivity index (χ0) is 12.8. The summed E-state index contributed by atoms with van der Waals surface area (Å²) in [6.45, 7) is 3.93. The number of thioether (sulfide) groups is 1. The minimum Gasteiger partial charge on any atom is -0.478 e. The van der Waals surface area contributed by atoms with Gasteiger partial charge in [0.1, 0.15) is 11.4 Å². The van der Waals surface area contributed by atoms with Crippen molar-refractivity contribution in [3.05, 3.63) is 23.4 Å². The summed E-state index contributed by atoms with van der Waals surface area (Å²) in [6.07, 6.45) is 2.97. The van der Waals surface area contributed by atoms with Gasteiger partial charge in [0, 0.05) is 17.5 Å². The number of carbonyl (C=O) groups is 1. The number of hydrogen-bond donors (Lipinski definition) is 2. The van der Waals surface area contributed by atoms with E-state index in [0.29, 0.717) is 5.82 Å². The first-order valence-electron chi connectivity index (χ1n) is 5.54. The maximum absolute atomic E-state index is 11.1. The minimum atomic E-state index is -0.945. The highest BCUT2D eigenvalue weighted by molar-refractivity contribution is 7.98. The molecule has 0 saturated carbocycles. The van der Waals surface area contributed by atoms with Gasteiger partial charge in [0.25, 0.3) is 0 Å². The van der Waals surface area contributed by atoms with E-state index in [1.54, 1.807) is 23.9 Å². The molecule has 0 aromatic carbocycles. The van der Waals surface area contributed by atoms with E-state index in [2.05, 4.69) is 17.2 Å². The highest BCUT2D eigenvalue weighted by Gasteiger charge is 2.14. The Labute approximate surface area is 106 Å². The van der Waals surface area contributed by atoms with E-state index in [4.69, 9.17) is 5.11 Å². The van der Waals surface area contributed by atoms with Crippen molar-refractivity contribution in [2.45, 2.75) is 26.3 Å². The number of aryl methyl sites for hydroxylation is 1. The fourth-order valence-corrected chi connectivity index (χ4v) is 2.22. The van der Waals surface area contributed by atoms with Crippen molar-refractivity contribution in [1.82, 2.24) is 4.98 Å². The summed E-state index contributed by atoms with van der Waals surface area (Å²) in [4.78, 5) is 15.3. The second kappa shape index (κ2) is 6.49. The maximum atomic E-state index is 11.1. The van der Waals surface area contributed by atoms with Crippen molar-refractivity contribution in [3.8, 4) is 0 Å². The van der Waals surface area contributed by atoms with Gasteiger partial charge in [-0.05, 0) is 31.7 Å². The van der Waals surface area contributed by atoms with Crippen LogP contribution >= 0.6 is 11.8 Å². The molecule has 2 N–H and O–H groups in total. The van der Waals surface area contributed by atoms with Crippen molar-refractivity contribution in [1.29, 1.82) is 0 Å². The van der Waals surface area contributed by atoms with Crippen LogP contribution in [0.2, 0.25) is 0 Å². The molecule has 0 aliphatic rings. The number of aromatic nitrogens is 1. The first-order chi connectivity index (χ1) is 8.08. The van der Waals surface area contributed by atoms with Gasteiger partial charge in [-0.1, -0.05) is 6.92 Å². The van der Waals surface area contributed by atoms with Gasteiger partial charge in [0.15, 0.2) is 0 Å². The molecule has 0 radical (unpaired) electrons. The van der Waals surface area contributed by atoms with E-state index in [9.17, 15) is 4.79 Å². The molecule has 1 rings (SSSR count). The normalized spacial score (nSPS) is 12.2. The molecule has 4 nitrogen and oxygen atoms in total. The molecule has 5 heteroatoms. The Bertz CT molecular complexity index is 396. The second-order valence-corrected chi connectivity index (χ2v) is 4.77. The van der Waals surface area contributed by atoms with Gasteiger partial charge in [-0.2, -0.15) is 11.8 Å². The molecule has 1 unspecified atom stereocenters. The minimum absolute atomic E-state index is 0.232. The largest absolute Gasteiger partial charge is 0.478 e. The Kier molecular flexibility index (Phi) is 5.28. The van der Waals surface area contributed by atoms with E-state index in [-0.39, 0.29) is 11.6 Å². The number of aromatic carboxylic acids is 1. The standard InChI is InChI=1S/C12H18N2O2S/c1-4-9(7-17-3)14-11-10(12(15)16)6-5-8(2)13-11/h5-6,9H,4,7H2,1-3H3,(H,13,14)(H,15,16). The number of hydrogen-bond acceptors (Lipinski definition) is 4. The van der Waals surface area contributed by atoms with Crippen LogP contribution in [0.1, 0.15) is 29.4 Å². The number of anilines is 1. The SMILES string of the molecule is CCC(CSC)Nc1nc(C)ccc1C(=O)O. The summed E-state index contributed by atoms with van der Waals surface area (Å²) in [5.74, 6) is 0.461. The molecule has 0 spiro atoms. The van der Waals surface area contributed by atoms with Crippen LogP contribution in [0, 0.1) is 6.92 Å². The molecule has 1 heterocycles. The average Bonchev–Trinajstić information content (AvgIpc) is 2.28. The third kappa shape index (κ3) is 3.93. The third-order valence-electron chi connectivity index (χ3n) is 2.47. The van der Waals surface area contributed by atoms with Crippen LogP contribution < -0.4 is 5.32 Å². The molecule has 94 valence electrons. The molecule has 0 aliphatic carbocycles. The summed E-state index contributed by atoms with van der Waals surface area (Å²) in [5, 5.41) is 12.3. The molecular formula is C12H18N2O2S. The van der Waals surface area contributed by atoms with Crippen LogP contribution in [0.5, 0.6) is 0 Å². The van der Waals surface area contributed by atoms with Gasteiger partial charge in [-0.3, -0.25) is 0 Å². The summed E-state index contributed by atoms with van der Waals surface area (Å²) >= 11 is 1.73. The molecule has 17 heavy (non-hydrogen) atoms. The Morgan fingerprint density at radius 1 is 1.59 bits per heavy atom. The van der Waals surface area contributed by atoms with E-state index in [1.807, 2.05) is 13.2 Å². The van der Waals surface area contributed by atoms with Crippen LogP contribution in [-0.4, -0.2) is 34.1 Å². The summed E-state index contributed by atoms with van der Waals surface area (Å²) < 4.78 is 0. The van der Waals surface area contributed by atoms with Crippen LogP contribution in [0.15, 0.2) is 12.1 Å². The van der Waals surface area contributed by atoms with Gasteiger partial charge < -0.3 is 10.4 Å². The molecule has 0 aliphatic heterocycles. The highest BCUT2D eigenvalue weighted by Crippen LogP contribution is 2.16.